The molecule has 0 saturated carbocycles. The number of halogens is 1. The molecule has 1 aromatic carbocycles. The molecule has 4 rings (SSSR count). The SMILES string of the molecule is CC(C)(C)C(=O)[C@@H]1[C@H](c2ccncc2)[C@](C#N)(C(N)=O)[C@H]2C=Cc3cc(Br)ccc3N12. The highest BCUT2D eigenvalue weighted by molar-refractivity contribution is 9.10. The van der Waals surface area contributed by atoms with E-state index in [4.69, 9.17) is 5.73 Å². The predicted octanol–water partition coefficient (Wildman–Crippen LogP) is 3.82. The van der Waals surface area contributed by atoms with Crippen molar-refractivity contribution in [2.45, 2.75) is 38.8 Å². The Kier molecular flexibility index (Phi) is 5.01. The van der Waals surface area contributed by atoms with Crippen molar-refractivity contribution in [2.24, 2.45) is 16.6 Å². The first-order valence-corrected chi connectivity index (χ1v) is 10.8. The molecule has 0 unspecified atom stereocenters. The first-order valence-electron chi connectivity index (χ1n) is 10.0. The van der Waals surface area contributed by atoms with Crippen LogP contribution in [0.4, 0.5) is 5.69 Å². The predicted molar refractivity (Wildman–Crippen MR) is 122 cm³/mol. The molecule has 2 N–H and O–H groups in total. The summed E-state index contributed by atoms with van der Waals surface area (Å²) in [6.45, 7) is 5.56. The van der Waals surface area contributed by atoms with Crippen molar-refractivity contribution in [2.75, 3.05) is 4.90 Å². The van der Waals surface area contributed by atoms with E-state index in [0.717, 1.165) is 15.7 Å². The molecule has 6 nitrogen and oxygen atoms in total. The van der Waals surface area contributed by atoms with E-state index in [1.54, 1.807) is 24.5 Å². The number of nitrogens with zero attached hydrogens (tertiary/aromatic N) is 3. The maximum absolute atomic E-state index is 13.9. The molecule has 7 heteroatoms. The molecule has 3 heterocycles. The summed E-state index contributed by atoms with van der Waals surface area (Å²) in [5, 5.41) is 10.4. The molecular formula is C24H23BrN4O2. The maximum atomic E-state index is 13.9. The number of amides is 1. The molecule has 158 valence electrons. The van der Waals surface area contributed by atoms with Gasteiger partial charge in [0.1, 0.15) is 0 Å². The molecule has 0 bridgehead atoms. The van der Waals surface area contributed by atoms with Gasteiger partial charge in [0.05, 0.1) is 18.2 Å². The Bertz CT molecular complexity index is 1130. The van der Waals surface area contributed by atoms with Gasteiger partial charge in [0, 0.05) is 33.9 Å². The minimum absolute atomic E-state index is 0.0538. The van der Waals surface area contributed by atoms with Crippen molar-refractivity contribution in [3.05, 3.63) is 64.4 Å². The molecule has 1 amide bonds. The van der Waals surface area contributed by atoms with Gasteiger partial charge in [-0.15, -0.1) is 0 Å². The molecule has 0 aliphatic carbocycles. The lowest BCUT2D eigenvalue weighted by Gasteiger charge is -2.37. The molecule has 2 aromatic rings. The minimum Gasteiger partial charge on any atom is -0.368 e. The summed E-state index contributed by atoms with van der Waals surface area (Å²) in [5.74, 6) is -1.53. The van der Waals surface area contributed by atoms with E-state index in [0.29, 0.717) is 5.56 Å². The van der Waals surface area contributed by atoms with E-state index in [2.05, 4.69) is 27.0 Å². The number of hydrogen-bond donors (Lipinski definition) is 1. The van der Waals surface area contributed by atoms with E-state index >= 15 is 0 Å². The zero-order valence-corrected chi connectivity index (χ0v) is 19.1. The van der Waals surface area contributed by atoms with Crippen molar-refractivity contribution >= 4 is 39.4 Å². The summed E-state index contributed by atoms with van der Waals surface area (Å²) < 4.78 is 0.902. The summed E-state index contributed by atoms with van der Waals surface area (Å²) >= 11 is 3.49. The van der Waals surface area contributed by atoms with Gasteiger partial charge in [0.15, 0.2) is 11.2 Å². The Morgan fingerprint density at radius 2 is 1.90 bits per heavy atom. The smallest absolute Gasteiger partial charge is 0.241 e. The number of primary amides is 1. The molecule has 0 spiro atoms. The number of aromatic nitrogens is 1. The van der Waals surface area contributed by atoms with Crippen LogP contribution in [-0.2, 0) is 9.59 Å². The number of pyridine rings is 1. The van der Waals surface area contributed by atoms with Crippen molar-refractivity contribution in [1.82, 2.24) is 4.98 Å². The summed E-state index contributed by atoms with van der Waals surface area (Å²) in [6, 6.07) is 10.1. The third-order valence-corrected chi connectivity index (χ3v) is 6.76. The Morgan fingerprint density at radius 1 is 1.23 bits per heavy atom. The number of carbonyl (C=O) groups is 2. The normalized spacial score (nSPS) is 26.7. The van der Waals surface area contributed by atoms with Gasteiger partial charge in [-0.3, -0.25) is 14.6 Å². The van der Waals surface area contributed by atoms with Crippen LogP contribution in [0.15, 0.2) is 53.3 Å². The van der Waals surface area contributed by atoms with Crippen molar-refractivity contribution in [1.29, 1.82) is 5.26 Å². The van der Waals surface area contributed by atoms with Crippen LogP contribution in [0.5, 0.6) is 0 Å². The zero-order valence-electron chi connectivity index (χ0n) is 17.5. The molecule has 1 saturated heterocycles. The first kappa shape index (κ1) is 21.3. The largest absolute Gasteiger partial charge is 0.368 e. The Balaban J connectivity index is 2.06. The van der Waals surface area contributed by atoms with Gasteiger partial charge in [-0.1, -0.05) is 48.9 Å². The second kappa shape index (κ2) is 7.31. The van der Waals surface area contributed by atoms with E-state index < -0.39 is 34.7 Å². The maximum Gasteiger partial charge on any atom is 0.241 e. The van der Waals surface area contributed by atoms with Gasteiger partial charge in [-0.05, 0) is 41.5 Å². The van der Waals surface area contributed by atoms with Crippen LogP contribution in [-0.4, -0.2) is 28.8 Å². The van der Waals surface area contributed by atoms with Crippen molar-refractivity contribution in [3.8, 4) is 6.07 Å². The van der Waals surface area contributed by atoms with Crippen LogP contribution < -0.4 is 10.6 Å². The van der Waals surface area contributed by atoms with Crippen molar-refractivity contribution < 1.29 is 9.59 Å². The monoisotopic (exact) mass is 478 g/mol. The minimum atomic E-state index is -1.62. The highest BCUT2D eigenvalue weighted by atomic mass is 79.9. The number of rotatable bonds is 3. The van der Waals surface area contributed by atoms with Gasteiger partial charge >= 0.3 is 0 Å². The van der Waals surface area contributed by atoms with Gasteiger partial charge in [0.25, 0.3) is 0 Å². The number of nitrogens with two attached hydrogens (primary N) is 1. The number of ketones is 1. The Hall–Kier alpha value is -2.98. The topological polar surface area (TPSA) is 100 Å². The third-order valence-electron chi connectivity index (χ3n) is 6.26. The van der Waals surface area contributed by atoms with Crippen LogP contribution in [0.2, 0.25) is 0 Å². The first-order chi connectivity index (χ1) is 14.6. The van der Waals surface area contributed by atoms with Crippen LogP contribution in [0.3, 0.4) is 0 Å². The van der Waals surface area contributed by atoms with E-state index in [1.165, 1.54) is 0 Å². The van der Waals surface area contributed by atoms with Gasteiger partial charge in [0.2, 0.25) is 5.91 Å². The summed E-state index contributed by atoms with van der Waals surface area (Å²) in [5.41, 5.74) is 6.03. The lowest BCUT2D eigenvalue weighted by molar-refractivity contribution is -0.128. The van der Waals surface area contributed by atoms with Crippen LogP contribution in [0.1, 0.15) is 37.8 Å². The fourth-order valence-electron chi connectivity index (χ4n) is 4.85. The fraction of sp³-hybridized carbons (Fsp3) is 0.333. The molecule has 2 aliphatic heterocycles. The molecule has 1 fully saturated rings. The number of anilines is 1. The molecule has 4 atom stereocenters. The molecule has 2 aliphatic rings. The van der Waals surface area contributed by atoms with Gasteiger partial charge in [-0.2, -0.15) is 5.26 Å². The average molecular weight is 479 g/mol. The molecular weight excluding hydrogens is 456 g/mol. The lowest BCUT2D eigenvalue weighted by atomic mass is 9.66. The quantitative estimate of drug-likeness (QED) is 0.722. The van der Waals surface area contributed by atoms with E-state index in [1.807, 2.05) is 56.0 Å². The Labute approximate surface area is 189 Å². The number of Topliss-reactive ketones (excluding diaryl/α,β-unsaturated/α-hetero) is 1. The molecule has 31 heavy (non-hydrogen) atoms. The van der Waals surface area contributed by atoms with Gasteiger partial charge in [-0.25, -0.2) is 0 Å². The fourth-order valence-corrected chi connectivity index (χ4v) is 5.22. The van der Waals surface area contributed by atoms with E-state index in [-0.39, 0.29) is 5.78 Å². The number of benzene rings is 1. The Morgan fingerprint density at radius 3 is 2.48 bits per heavy atom. The van der Waals surface area contributed by atoms with Crippen LogP contribution in [0.25, 0.3) is 6.08 Å². The van der Waals surface area contributed by atoms with Crippen LogP contribution in [0, 0.1) is 22.2 Å². The number of carbonyl (C=O) groups excluding carboxylic acids is 2. The zero-order chi connectivity index (χ0) is 22.6. The molecule has 1 aromatic heterocycles. The highest BCUT2D eigenvalue weighted by Crippen LogP contribution is 2.56. The summed E-state index contributed by atoms with van der Waals surface area (Å²) in [7, 11) is 0. The number of nitriles is 1. The third kappa shape index (κ3) is 3.09. The van der Waals surface area contributed by atoms with Gasteiger partial charge < -0.3 is 10.6 Å². The standard InChI is InChI=1S/C24H23BrN4O2/c1-23(2,3)21(30)20-19(14-8-10-28-11-9-14)24(13-26,22(27)31)18-7-4-15-12-16(25)5-6-17(15)29(18)20/h4-12,18-20H,1-3H3,(H2,27,31)/t18-,19+,20+,24-/m1/s1. The molecule has 0 radical (unpaired) electrons. The van der Waals surface area contributed by atoms with E-state index in [9.17, 15) is 14.9 Å². The average Bonchev–Trinajstić information content (AvgIpc) is 3.04. The van der Waals surface area contributed by atoms with Crippen LogP contribution >= 0.6 is 15.9 Å². The number of fused-ring (bicyclic) bond motifs is 3. The van der Waals surface area contributed by atoms with Crippen molar-refractivity contribution in [3.63, 3.8) is 0 Å². The lowest BCUT2D eigenvalue weighted by Crippen LogP contribution is -2.49. The second-order valence-electron chi connectivity index (χ2n) is 9.08. The summed E-state index contributed by atoms with van der Waals surface area (Å²) in [6.07, 6.45) is 6.93. The second-order valence-corrected chi connectivity index (χ2v) is 9.99. The summed E-state index contributed by atoms with van der Waals surface area (Å²) in [4.78, 5) is 32.8. The number of hydrogen-bond acceptors (Lipinski definition) is 5. The highest BCUT2D eigenvalue weighted by Gasteiger charge is 2.66.